The number of nitrogens with one attached hydrogen (secondary N) is 2. The fraction of sp³-hybridized carbons (Fsp3) is 0.238. The lowest BCUT2D eigenvalue weighted by atomic mass is 10.0. The molecule has 1 amide bonds. The zero-order valence-electron chi connectivity index (χ0n) is 16.0. The van der Waals surface area contributed by atoms with Gasteiger partial charge in [0.15, 0.2) is 0 Å². The number of benzene rings is 1. The zero-order valence-corrected chi connectivity index (χ0v) is 16.8. The van der Waals surface area contributed by atoms with Gasteiger partial charge in [-0.15, -0.1) is 0 Å². The van der Waals surface area contributed by atoms with E-state index >= 15 is 0 Å². The molecule has 0 bridgehead atoms. The number of aromatic nitrogens is 2. The molecule has 0 saturated carbocycles. The summed E-state index contributed by atoms with van der Waals surface area (Å²) < 4.78 is 42.2. The fourth-order valence-electron chi connectivity index (χ4n) is 4.05. The summed E-state index contributed by atoms with van der Waals surface area (Å²) in [7, 11) is -3.99. The molecule has 0 spiro atoms. The molecule has 1 aromatic carbocycles. The van der Waals surface area contributed by atoms with Crippen molar-refractivity contribution in [3.05, 3.63) is 59.7 Å². The molecule has 154 valence electrons. The van der Waals surface area contributed by atoms with Gasteiger partial charge in [-0.3, -0.25) is 4.79 Å². The van der Waals surface area contributed by atoms with Crippen molar-refractivity contribution in [3.63, 3.8) is 0 Å². The molecule has 0 atom stereocenters. The maximum atomic E-state index is 14.6. The van der Waals surface area contributed by atoms with Crippen LogP contribution < -0.4 is 5.32 Å². The molecule has 2 aliphatic rings. The molecule has 0 fully saturated rings. The third kappa shape index (κ3) is 3.10. The number of amides is 1. The molecule has 0 aliphatic carbocycles. The molecular formula is C21H19FN4O3S. The minimum Gasteiger partial charge on any atom is -0.346 e. The Kier molecular flexibility index (Phi) is 4.44. The number of pyridine rings is 1. The molecule has 2 aliphatic heterocycles. The molecule has 30 heavy (non-hydrogen) atoms. The highest BCUT2D eigenvalue weighted by atomic mass is 32.2. The molecule has 2 aromatic heterocycles. The molecule has 0 radical (unpaired) electrons. The van der Waals surface area contributed by atoms with Gasteiger partial charge < -0.3 is 10.3 Å². The second kappa shape index (κ2) is 7.03. The lowest BCUT2D eigenvalue weighted by Gasteiger charge is -2.27. The molecule has 0 unspecified atom stereocenters. The van der Waals surface area contributed by atoms with Crippen LogP contribution in [-0.4, -0.2) is 41.7 Å². The second-order valence-electron chi connectivity index (χ2n) is 7.43. The van der Waals surface area contributed by atoms with Crippen LogP contribution in [0.25, 0.3) is 16.6 Å². The minimum absolute atomic E-state index is 0.165. The Morgan fingerprint density at radius 1 is 1.17 bits per heavy atom. The van der Waals surface area contributed by atoms with E-state index in [1.807, 2.05) is 24.4 Å². The Morgan fingerprint density at radius 2 is 2.03 bits per heavy atom. The number of sulfonamides is 1. The van der Waals surface area contributed by atoms with Crippen molar-refractivity contribution < 1.29 is 17.6 Å². The first kappa shape index (κ1) is 19.0. The van der Waals surface area contributed by atoms with Gasteiger partial charge in [0.1, 0.15) is 16.4 Å². The van der Waals surface area contributed by atoms with Gasteiger partial charge in [-0.2, -0.15) is 4.31 Å². The first-order valence-electron chi connectivity index (χ1n) is 9.67. The van der Waals surface area contributed by atoms with Gasteiger partial charge in [0.05, 0.1) is 0 Å². The van der Waals surface area contributed by atoms with Crippen molar-refractivity contribution >= 4 is 38.2 Å². The van der Waals surface area contributed by atoms with Crippen molar-refractivity contribution in [2.24, 2.45) is 0 Å². The van der Waals surface area contributed by atoms with Crippen LogP contribution in [-0.2, 0) is 21.2 Å². The van der Waals surface area contributed by atoms with Crippen LogP contribution in [0.2, 0.25) is 0 Å². The van der Waals surface area contributed by atoms with Crippen molar-refractivity contribution in [1.29, 1.82) is 0 Å². The highest BCUT2D eigenvalue weighted by Crippen LogP contribution is 2.33. The third-order valence-electron chi connectivity index (χ3n) is 5.64. The number of nitrogens with zero attached hydrogens (tertiary/aromatic N) is 2. The van der Waals surface area contributed by atoms with Crippen molar-refractivity contribution in [1.82, 2.24) is 14.3 Å². The Bertz CT molecular complexity index is 1310. The Hall–Kier alpha value is -3.04. The van der Waals surface area contributed by atoms with Crippen LogP contribution in [0, 0.1) is 5.82 Å². The predicted octanol–water partition coefficient (Wildman–Crippen LogP) is 3.06. The standard InChI is InChI=1S/C21H19FN4O3S/c22-17-11-18-14(3-4-20(27)25-18)10-19(17)30(28,29)26-8-5-13(6-9-26)16-12-24-21-15(16)2-1-7-23-21/h1-2,5,7,10-12H,3-4,6,8-9H2,(H,23,24)(H,25,27). The largest absolute Gasteiger partial charge is 0.346 e. The third-order valence-corrected chi connectivity index (χ3v) is 7.52. The van der Waals surface area contributed by atoms with Gasteiger partial charge in [-0.1, -0.05) is 6.08 Å². The maximum absolute atomic E-state index is 14.6. The lowest BCUT2D eigenvalue weighted by Crippen LogP contribution is -2.35. The zero-order chi connectivity index (χ0) is 20.9. The van der Waals surface area contributed by atoms with Gasteiger partial charge in [0.2, 0.25) is 15.9 Å². The van der Waals surface area contributed by atoms with Crippen molar-refractivity contribution in [2.75, 3.05) is 18.4 Å². The SMILES string of the molecule is O=C1CCc2cc(S(=O)(=O)N3CC=C(c4c[nH]c5ncccc45)CC3)c(F)cc2N1. The van der Waals surface area contributed by atoms with Gasteiger partial charge in [-0.05, 0) is 48.2 Å². The smallest absolute Gasteiger partial charge is 0.246 e. The summed E-state index contributed by atoms with van der Waals surface area (Å²) in [4.78, 5) is 18.6. The number of fused-ring (bicyclic) bond motifs is 2. The number of halogens is 1. The van der Waals surface area contributed by atoms with E-state index in [-0.39, 0.29) is 30.3 Å². The van der Waals surface area contributed by atoms with E-state index in [0.29, 0.717) is 24.1 Å². The molecule has 5 rings (SSSR count). The van der Waals surface area contributed by atoms with Crippen molar-refractivity contribution in [2.45, 2.75) is 24.2 Å². The van der Waals surface area contributed by atoms with Gasteiger partial charge in [-0.25, -0.2) is 17.8 Å². The fourth-order valence-corrected chi connectivity index (χ4v) is 5.53. The second-order valence-corrected chi connectivity index (χ2v) is 9.34. The first-order chi connectivity index (χ1) is 14.4. The van der Waals surface area contributed by atoms with Crippen LogP contribution in [0.3, 0.4) is 0 Å². The summed E-state index contributed by atoms with van der Waals surface area (Å²) in [6.45, 7) is 0.423. The number of carbonyl (C=O) groups excluding carboxylic acids is 1. The molecule has 7 nitrogen and oxygen atoms in total. The topological polar surface area (TPSA) is 95.2 Å². The molecular weight excluding hydrogens is 407 g/mol. The number of rotatable bonds is 3. The number of hydrogen-bond acceptors (Lipinski definition) is 4. The van der Waals surface area contributed by atoms with Crippen molar-refractivity contribution in [3.8, 4) is 0 Å². The van der Waals surface area contributed by atoms with E-state index in [1.165, 1.54) is 10.4 Å². The Labute approximate surface area is 172 Å². The van der Waals surface area contributed by atoms with E-state index in [9.17, 15) is 17.6 Å². The molecule has 2 N–H and O–H groups in total. The normalized spacial score (nSPS) is 17.5. The summed E-state index contributed by atoms with van der Waals surface area (Å²) in [5, 5.41) is 3.58. The molecule has 0 saturated heterocycles. The Morgan fingerprint density at radius 3 is 2.83 bits per heavy atom. The average molecular weight is 426 g/mol. The average Bonchev–Trinajstić information content (AvgIpc) is 3.17. The quantitative estimate of drug-likeness (QED) is 0.673. The van der Waals surface area contributed by atoms with Crippen LogP contribution in [0.4, 0.5) is 10.1 Å². The number of carbonyl (C=O) groups is 1. The number of hydrogen-bond donors (Lipinski definition) is 2. The Balaban J connectivity index is 1.44. The monoisotopic (exact) mass is 426 g/mol. The summed E-state index contributed by atoms with van der Waals surface area (Å²) in [6, 6.07) is 6.29. The highest BCUT2D eigenvalue weighted by molar-refractivity contribution is 7.89. The predicted molar refractivity (Wildman–Crippen MR) is 111 cm³/mol. The van der Waals surface area contributed by atoms with Gasteiger partial charge >= 0.3 is 0 Å². The van der Waals surface area contributed by atoms with E-state index in [2.05, 4.69) is 15.3 Å². The first-order valence-corrected chi connectivity index (χ1v) is 11.1. The van der Waals surface area contributed by atoms with Gasteiger partial charge in [0.25, 0.3) is 0 Å². The minimum atomic E-state index is -3.99. The van der Waals surface area contributed by atoms with Crippen LogP contribution in [0.1, 0.15) is 24.0 Å². The number of aryl methyl sites for hydroxylation is 1. The number of aromatic amines is 1. The van der Waals surface area contributed by atoms with E-state index in [4.69, 9.17) is 0 Å². The molecule has 4 heterocycles. The summed E-state index contributed by atoms with van der Waals surface area (Å²) in [5.41, 5.74) is 3.80. The van der Waals surface area contributed by atoms with E-state index in [1.54, 1.807) is 6.20 Å². The summed E-state index contributed by atoms with van der Waals surface area (Å²) in [6.07, 6.45) is 6.63. The lowest BCUT2D eigenvalue weighted by molar-refractivity contribution is -0.116. The van der Waals surface area contributed by atoms with Crippen LogP contribution in [0.15, 0.2) is 47.6 Å². The van der Waals surface area contributed by atoms with Crippen LogP contribution in [0.5, 0.6) is 0 Å². The molecule has 9 heteroatoms. The van der Waals surface area contributed by atoms with E-state index < -0.39 is 15.8 Å². The van der Waals surface area contributed by atoms with E-state index in [0.717, 1.165) is 28.2 Å². The van der Waals surface area contributed by atoms with Gasteiger partial charge in [0, 0.05) is 48.5 Å². The number of anilines is 1. The maximum Gasteiger partial charge on any atom is 0.246 e. The summed E-state index contributed by atoms with van der Waals surface area (Å²) in [5.74, 6) is -1.05. The summed E-state index contributed by atoms with van der Waals surface area (Å²) >= 11 is 0. The molecule has 3 aromatic rings. The highest BCUT2D eigenvalue weighted by Gasteiger charge is 2.31. The van der Waals surface area contributed by atoms with Crippen LogP contribution >= 0.6 is 0 Å². The number of H-pyrrole nitrogens is 1.